The lowest BCUT2D eigenvalue weighted by Crippen LogP contribution is -2.25. The molecule has 0 radical (unpaired) electrons. The summed E-state index contributed by atoms with van der Waals surface area (Å²) in [6.07, 6.45) is 7.08. The first-order valence-electron chi connectivity index (χ1n) is 5.84. The van der Waals surface area contributed by atoms with Gasteiger partial charge in [0, 0.05) is 12.8 Å². The van der Waals surface area contributed by atoms with E-state index in [9.17, 15) is 0 Å². The molecule has 0 saturated heterocycles. The number of hydrogen-bond acceptors (Lipinski definition) is 2. The summed E-state index contributed by atoms with van der Waals surface area (Å²) < 4.78 is 0. The van der Waals surface area contributed by atoms with Crippen LogP contribution >= 0.6 is 0 Å². The number of rotatable bonds is 3. The highest BCUT2D eigenvalue weighted by Gasteiger charge is 2.18. The lowest BCUT2D eigenvalue weighted by Gasteiger charge is -2.29. The largest absolute Gasteiger partial charge is 0.265 e. The van der Waals surface area contributed by atoms with E-state index in [1.54, 1.807) is 0 Å². The van der Waals surface area contributed by atoms with Crippen molar-refractivity contribution in [2.75, 3.05) is 11.6 Å². The van der Waals surface area contributed by atoms with Gasteiger partial charge in [0.05, 0.1) is 5.69 Å². The van der Waals surface area contributed by atoms with E-state index in [0.29, 0.717) is 0 Å². The van der Waals surface area contributed by atoms with Crippen LogP contribution in [0.1, 0.15) is 24.5 Å². The zero-order valence-electron chi connectivity index (χ0n) is 9.82. The van der Waals surface area contributed by atoms with Gasteiger partial charge in [0.15, 0.2) is 0 Å². The van der Waals surface area contributed by atoms with Gasteiger partial charge in [-0.3, -0.25) is 5.01 Å². The van der Waals surface area contributed by atoms with Crippen LogP contribution in [-0.2, 0) is 12.8 Å². The molecule has 2 rings (SSSR count). The number of para-hydroxylation sites is 1. The third-order valence-electron chi connectivity index (χ3n) is 2.90. The standard InChI is InChI=1S/C14H18N2/c1-3-7-12-8-5-9-13-10-6-11-16(14(12)13)15-4-2/h3-5,8-9H,1,6-7,10-11H2,2H3/b15-4+. The van der Waals surface area contributed by atoms with Crippen LogP contribution in [0.15, 0.2) is 36.0 Å². The van der Waals surface area contributed by atoms with E-state index in [-0.39, 0.29) is 0 Å². The number of benzene rings is 1. The zero-order chi connectivity index (χ0) is 11.4. The second-order valence-corrected chi connectivity index (χ2v) is 4.02. The maximum atomic E-state index is 4.44. The van der Waals surface area contributed by atoms with Crippen molar-refractivity contribution in [3.63, 3.8) is 0 Å². The van der Waals surface area contributed by atoms with Gasteiger partial charge in [-0.2, -0.15) is 5.10 Å². The summed E-state index contributed by atoms with van der Waals surface area (Å²) in [5.41, 5.74) is 4.04. The maximum absolute atomic E-state index is 4.44. The van der Waals surface area contributed by atoms with Crippen LogP contribution in [0.2, 0.25) is 0 Å². The summed E-state index contributed by atoms with van der Waals surface area (Å²) in [7, 11) is 0. The number of allylic oxidation sites excluding steroid dienone is 1. The van der Waals surface area contributed by atoms with Gasteiger partial charge >= 0.3 is 0 Å². The summed E-state index contributed by atoms with van der Waals surface area (Å²) in [6.45, 7) is 6.80. The smallest absolute Gasteiger partial charge is 0.0660 e. The Morgan fingerprint density at radius 1 is 1.50 bits per heavy atom. The first kappa shape index (κ1) is 10.9. The van der Waals surface area contributed by atoms with Crippen LogP contribution in [0.25, 0.3) is 0 Å². The topological polar surface area (TPSA) is 15.6 Å². The Hall–Kier alpha value is -1.57. The van der Waals surface area contributed by atoms with Crippen LogP contribution in [0.5, 0.6) is 0 Å². The number of anilines is 1. The molecule has 0 N–H and O–H groups in total. The fourth-order valence-corrected chi connectivity index (χ4v) is 2.28. The SMILES string of the molecule is C=CCc1cccc2c1N(/N=C/C)CCC2. The van der Waals surface area contributed by atoms with Crippen molar-refractivity contribution in [1.82, 2.24) is 0 Å². The number of hydrazone groups is 1. The van der Waals surface area contributed by atoms with Crippen LogP contribution in [0, 0.1) is 0 Å². The van der Waals surface area contributed by atoms with Gasteiger partial charge in [0.1, 0.15) is 0 Å². The Morgan fingerprint density at radius 3 is 3.12 bits per heavy atom. The van der Waals surface area contributed by atoms with Gasteiger partial charge in [-0.15, -0.1) is 6.58 Å². The lowest BCUT2D eigenvalue weighted by molar-refractivity contribution is 0.712. The third kappa shape index (κ3) is 2.01. The molecule has 0 fully saturated rings. The Balaban J connectivity index is 2.45. The lowest BCUT2D eigenvalue weighted by atomic mass is 9.97. The molecule has 1 aliphatic rings. The third-order valence-corrected chi connectivity index (χ3v) is 2.90. The summed E-state index contributed by atoms with van der Waals surface area (Å²) in [4.78, 5) is 0. The summed E-state index contributed by atoms with van der Waals surface area (Å²) in [5.74, 6) is 0. The molecule has 0 bridgehead atoms. The van der Waals surface area contributed by atoms with E-state index >= 15 is 0 Å². The van der Waals surface area contributed by atoms with Crippen LogP contribution in [-0.4, -0.2) is 12.8 Å². The first-order chi connectivity index (χ1) is 7.86. The minimum atomic E-state index is 0.916. The molecule has 16 heavy (non-hydrogen) atoms. The highest BCUT2D eigenvalue weighted by Crippen LogP contribution is 2.31. The number of nitrogens with zero attached hydrogens (tertiary/aromatic N) is 2. The highest BCUT2D eigenvalue weighted by molar-refractivity contribution is 5.64. The zero-order valence-corrected chi connectivity index (χ0v) is 9.82. The van der Waals surface area contributed by atoms with Gasteiger partial charge in [-0.05, 0) is 37.3 Å². The fraction of sp³-hybridized carbons (Fsp3) is 0.357. The van der Waals surface area contributed by atoms with E-state index in [1.165, 1.54) is 23.2 Å². The Kier molecular flexibility index (Phi) is 3.40. The van der Waals surface area contributed by atoms with Gasteiger partial charge in [-0.1, -0.05) is 24.3 Å². The van der Waals surface area contributed by atoms with Crippen molar-refractivity contribution in [3.8, 4) is 0 Å². The van der Waals surface area contributed by atoms with Crippen molar-refractivity contribution >= 4 is 11.9 Å². The average molecular weight is 214 g/mol. The van der Waals surface area contributed by atoms with Crippen LogP contribution in [0.4, 0.5) is 5.69 Å². The molecule has 0 amide bonds. The van der Waals surface area contributed by atoms with E-state index in [4.69, 9.17) is 0 Å². The summed E-state index contributed by atoms with van der Waals surface area (Å²) in [6, 6.07) is 6.51. The van der Waals surface area contributed by atoms with Crippen LogP contribution < -0.4 is 5.01 Å². The molecule has 0 aliphatic carbocycles. The van der Waals surface area contributed by atoms with Gasteiger partial charge < -0.3 is 0 Å². The molecule has 0 aromatic heterocycles. The quantitative estimate of drug-likeness (QED) is 0.557. The molecule has 0 saturated carbocycles. The Morgan fingerprint density at radius 2 is 2.38 bits per heavy atom. The van der Waals surface area contributed by atoms with Crippen molar-refractivity contribution in [1.29, 1.82) is 0 Å². The first-order valence-corrected chi connectivity index (χ1v) is 5.84. The molecule has 2 heteroatoms. The molecule has 1 heterocycles. The van der Waals surface area contributed by atoms with E-state index in [2.05, 4.69) is 34.9 Å². The monoisotopic (exact) mass is 214 g/mol. The van der Waals surface area contributed by atoms with Gasteiger partial charge in [0.2, 0.25) is 0 Å². The minimum absolute atomic E-state index is 0.916. The second-order valence-electron chi connectivity index (χ2n) is 4.02. The predicted octanol–water partition coefficient (Wildman–Crippen LogP) is 3.17. The normalized spacial score (nSPS) is 15.2. The predicted molar refractivity (Wildman–Crippen MR) is 70.2 cm³/mol. The number of fused-ring (bicyclic) bond motifs is 1. The molecule has 1 aromatic carbocycles. The van der Waals surface area contributed by atoms with Crippen LogP contribution in [0.3, 0.4) is 0 Å². The minimum Gasteiger partial charge on any atom is -0.265 e. The molecule has 1 aliphatic heterocycles. The molecule has 0 atom stereocenters. The van der Waals surface area contributed by atoms with Crippen molar-refractivity contribution in [3.05, 3.63) is 42.0 Å². The molecule has 84 valence electrons. The average Bonchev–Trinajstić information content (AvgIpc) is 2.30. The molecule has 0 spiro atoms. The summed E-state index contributed by atoms with van der Waals surface area (Å²) >= 11 is 0. The Bertz CT molecular complexity index is 407. The fourth-order valence-electron chi connectivity index (χ4n) is 2.28. The Labute approximate surface area is 97.3 Å². The van der Waals surface area contributed by atoms with Crippen molar-refractivity contribution in [2.24, 2.45) is 5.10 Å². The second kappa shape index (κ2) is 4.97. The van der Waals surface area contributed by atoms with Crippen molar-refractivity contribution < 1.29 is 0 Å². The molecule has 2 nitrogen and oxygen atoms in total. The van der Waals surface area contributed by atoms with Gasteiger partial charge in [-0.25, -0.2) is 0 Å². The molecule has 0 unspecified atom stereocenters. The number of aryl methyl sites for hydroxylation is 1. The molecular formula is C14H18N2. The van der Waals surface area contributed by atoms with Gasteiger partial charge in [0.25, 0.3) is 0 Å². The number of hydrogen-bond donors (Lipinski definition) is 0. The molecule has 1 aromatic rings. The highest BCUT2D eigenvalue weighted by atomic mass is 15.5. The maximum Gasteiger partial charge on any atom is 0.0660 e. The van der Waals surface area contributed by atoms with E-state index < -0.39 is 0 Å². The van der Waals surface area contributed by atoms with Crippen molar-refractivity contribution in [2.45, 2.75) is 26.2 Å². The summed E-state index contributed by atoms with van der Waals surface area (Å²) in [5, 5.41) is 6.56. The molecular weight excluding hydrogens is 196 g/mol. The van der Waals surface area contributed by atoms with E-state index in [0.717, 1.165) is 19.4 Å². The van der Waals surface area contributed by atoms with E-state index in [1.807, 2.05) is 19.2 Å².